The van der Waals surface area contributed by atoms with Crippen molar-refractivity contribution in [3.8, 4) is 0 Å². The first-order chi connectivity index (χ1) is 12.4. The molecule has 0 aliphatic carbocycles. The molecule has 0 saturated heterocycles. The molecule has 0 heterocycles. The first-order valence-corrected chi connectivity index (χ1v) is 10.6. The van der Waals surface area contributed by atoms with E-state index in [9.17, 15) is 0 Å². The Labute approximate surface area is 166 Å². The Bertz CT molecular complexity index is 759. The zero-order valence-corrected chi connectivity index (χ0v) is 17.2. The zero-order chi connectivity index (χ0) is 17.0. The molecule has 2 heteroatoms. The van der Waals surface area contributed by atoms with Crippen LogP contribution in [0.4, 0.5) is 0 Å². The average Bonchev–Trinajstić information content (AvgIpc) is 2.72. The summed E-state index contributed by atoms with van der Waals surface area (Å²) in [4.78, 5) is 0. The fourth-order valence-electron chi connectivity index (χ4n) is 3.75. The molecule has 0 atom stereocenters. The summed E-state index contributed by atoms with van der Waals surface area (Å²) >= 11 is 0. The van der Waals surface area contributed by atoms with Crippen LogP contribution in [0.1, 0.15) is 0 Å². The molecule has 0 aromatic heterocycles. The minimum atomic E-state index is -2.30. The minimum absolute atomic E-state index is 0. The summed E-state index contributed by atoms with van der Waals surface area (Å²) < 4.78 is 0. The molecule has 4 rings (SSSR count). The maximum atomic E-state index is 2.29. The molecule has 0 saturated carbocycles. The summed E-state index contributed by atoms with van der Waals surface area (Å²) in [5.41, 5.74) is 0. The summed E-state index contributed by atoms with van der Waals surface area (Å²) in [5.74, 6) is 0. The normalized spacial score (nSPS) is 11.4. The molecule has 0 aliphatic heterocycles. The third kappa shape index (κ3) is 3.26. The maximum absolute atomic E-state index is 2.30. The second-order valence-electron chi connectivity index (χ2n) is 6.21. The van der Waals surface area contributed by atoms with Crippen LogP contribution in [-0.4, -0.2) is 0 Å². The molecule has 0 fully saturated rings. The molecule has 4 aromatic rings. The van der Waals surface area contributed by atoms with Crippen molar-refractivity contribution in [2.75, 3.05) is 0 Å². The van der Waals surface area contributed by atoms with Gasteiger partial charge < -0.3 is 0 Å². The Morgan fingerprint density at radius 1 is 0.308 bits per heavy atom. The van der Waals surface area contributed by atoms with Gasteiger partial charge in [-0.1, -0.05) is 0 Å². The van der Waals surface area contributed by atoms with E-state index in [-0.39, 0.29) is 17.0 Å². The van der Waals surface area contributed by atoms with Gasteiger partial charge in [-0.3, -0.25) is 0 Å². The van der Waals surface area contributed by atoms with Gasteiger partial charge in [-0.15, -0.1) is 17.0 Å². The first kappa shape index (κ1) is 18.6. The Morgan fingerprint density at radius 2 is 0.500 bits per heavy atom. The molecule has 0 radical (unpaired) electrons. The van der Waals surface area contributed by atoms with Crippen molar-refractivity contribution in [1.82, 2.24) is 0 Å². The molecular formula is C24H22BrP. The predicted octanol–water partition coefficient (Wildman–Crippen LogP) is 4.62. The second kappa shape index (κ2) is 8.45. The Morgan fingerprint density at radius 3 is 0.692 bits per heavy atom. The van der Waals surface area contributed by atoms with Crippen LogP contribution < -0.4 is 21.2 Å². The van der Waals surface area contributed by atoms with Gasteiger partial charge in [0.15, 0.2) is 0 Å². The number of rotatable bonds is 4. The van der Waals surface area contributed by atoms with Crippen molar-refractivity contribution in [2.45, 2.75) is 0 Å². The standard InChI is InChI=1S/C24H21P.BrH/c1-5-13-21(14-6-1)25(22-15-7-2-8-16-22,23-17-9-3-10-18-23)24-19-11-4-12-20-24;/h1-20,25H;1H. The Balaban J connectivity index is 0.00000196. The van der Waals surface area contributed by atoms with Crippen LogP contribution >= 0.6 is 24.2 Å². The molecule has 0 aliphatic rings. The van der Waals surface area contributed by atoms with Crippen LogP contribution in [0.25, 0.3) is 0 Å². The summed E-state index contributed by atoms with van der Waals surface area (Å²) in [7, 11) is -2.30. The van der Waals surface area contributed by atoms with E-state index < -0.39 is 7.26 Å². The van der Waals surface area contributed by atoms with E-state index in [1.54, 1.807) is 0 Å². The van der Waals surface area contributed by atoms with Gasteiger partial charge in [-0.2, -0.15) is 0 Å². The van der Waals surface area contributed by atoms with E-state index in [4.69, 9.17) is 0 Å². The zero-order valence-electron chi connectivity index (χ0n) is 14.5. The van der Waals surface area contributed by atoms with Gasteiger partial charge in [0.05, 0.1) is 0 Å². The molecule has 4 aromatic carbocycles. The van der Waals surface area contributed by atoms with Crippen LogP contribution in [0, 0.1) is 0 Å². The van der Waals surface area contributed by atoms with Crippen LogP contribution in [-0.2, 0) is 0 Å². The summed E-state index contributed by atoms with van der Waals surface area (Å²) in [5, 5.41) is 5.66. The summed E-state index contributed by atoms with van der Waals surface area (Å²) in [6, 6.07) is 44.0. The van der Waals surface area contributed by atoms with Crippen molar-refractivity contribution >= 4 is 45.5 Å². The first-order valence-electron chi connectivity index (χ1n) is 8.64. The molecule has 0 bridgehead atoms. The summed E-state index contributed by atoms with van der Waals surface area (Å²) in [6.45, 7) is 0. The Hall–Kier alpha value is -2.21. The van der Waals surface area contributed by atoms with Gasteiger partial charge >= 0.3 is 150 Å². The molecule has 0 unspecified atom stereocenters. The van der Waals surface area contributed by atoms with Crippen molar-refractivity contribution in [2.24, 2.45) is 0 Å². The monoisotopic (exact) mass is 420 g/mol. The molecular weight excluding hydrogens is 399 g/mol. The van der Waals surface area contributed by atoms with E-state index in [0.717, 1.165) is 0 Å². The third-order valence-electron chi connectivity index (χ3n) is 4.83. The number of halogens is 1. The van der Waals surface area contributed by atoms with E-state index in [2.05, 4.69) is 121 Å². The van der Waals surface area contributed by atoms with Gasteiger partial charge in [-0.05, 0) is 0 Å². The topological polar surface area (TPSA) is 0 Å². The van der Waals surface area contributed by atoms with Crippen molar-refractivity contribution in [3.63, 3.8) is 0 Å². The van der Waals surface area contributed by atoms with Crippen LogP contribution in [0.15, 0.2) is 121 Å². The van der Waals surface area contributed by atoms with Gasteiger partial charge in [0.25, 0.3) is 0 Å². The fraction of sp³-hybridized carbons (Fsp3) is 0. The molecule has 130 valence electrons. The number of benzene rings is 4. The fourth-order valence-corrected chi connectivity index (χ4v) is 8.52. The van der Waals surface area contributed by atoms with Crippen LogP contribution in [0.5, 0.6) is 0 Å². The molecule has 0 spiro atoms. The summed E-state index contributed by atoms with van der Waals surface area (Å²) in [6.07, 6.45) is 0. The van der Waals surface area contributed by atoms with E-state index in [1.165, 1.54) is 21.2 Å². The SMILES string of the molecule is Br.c1ccc([PH](c2ccccc2)(c2ccccc2)c2ccccc2)cc1. The van der Waals surface area contributed by atoms with E-state index >= 15 is 0 Å². The van der Waals surface area contributed by atoms with Crippen molar-refractivity contribution in [1.29, 1.82) is 0 Å². The third-order valence-corrected chi connectivity index (χ3v) is 9.62. The molecule has 0 nitrogen and oxygen atoms in total. The Kier molecular flexibility index (Phi) is 6.04. The number of hydrogen-bond donors (Lipinski definition) is 0. The van der Waals surface area contributed by atoms with Crippen LogP contribution in [0.3, 0.4) is 0 Å². The average molecular weight is 421 g/mol. The number of hydrogen-bond acceptors (Lipinski definition) is 0. The molecule has 26 heavy (non-hydrogen) atoms. The van der Waals surface area contributed by atoms with E-state index in [1.807, 2.05) is 0 Å². The van der Waals surface area contributed by atoms with E-state index in [0.29, 0.717) is 0 Å². The van der Waals surface area contributed by atoms with Gasteiger partial charge in [0.2, 0.25) is 0 Å². The van der Waals surface area contributed by atoms with Crippen LogP contribution in [0.2, 0.25) is 0 Å². The van der Waals surface area contributed by atoms with Gasteiger partial charge in [-0.25, -0.2) is 0 Å². The molecule has 0 amide bonds. The van der Waals surface area contributed by atoms with Gasteiger partial charge in [0, 0.05) is 0 Å². The molecule has 0 N–H and O–H groups in total. The second-order valence-corrected chi connectivity index (χ2v) is 10.0. The van der Waals surface area contributed by atoms with Crippen molar-refractivity contribution < 1.29 is 0 Å². The predicted molar refractivity (Wildman–Crippen MR) is 123 cm³/mol. The van der Waals surface area contributed by atoms with Gasteiger partial charge in [0.1, 0.15) is 0 Å². The van der Waals surface area contributed by atoms with Crippen molar-refractivity contribution in [3.05, 3.63) is 121 Å². The quantitative estimate of drug-likeness (QED) is 0.422.